The maximum atomic E-state index is 10.7. The van der Waals surface area contributed by atoms with Crippen molar-refractivity contribution < 1.29 is 9.90 Å². The Morgan fingerprint density at radius 1 is 1.47 bits per heavy atom. The molecular weight excluding hydrogens is 242 g/mol. The standard InChI is InChI=1S/C14H23N3O2/c1-11(2)17-10-13(8-15-17)9-16-5-3-12(4-6-16)7-14(18)19/h8,10-12H,3-7,9H2,1-2H3,(H,18,19). The first-order valence-corrected chi connectivity index (χ1v) is 7.01. The van der Waals surface area contributed by atoms with Crippen molar-refractivity contribution in [2.45, 2.75) is 45.7 Å². The van der Waals surface area contributed by atoms with Gasteiger partial charge in [0.2, 0.25) is 0 Å². The van der Waals surface area contributed by atoms with Gasteiger partial charge in [-0.1, -0.05) is 0 Å². The molecule has 0 aliphatic carbocycles. The average molecular weight is 265 g/mol. The largest absolute Gasteiger partial charge is 0.481 e. The third-order valence-corrected chi connectivity index (χ3v) is 3.76. The molecule has 0 amide bonds. The molecule has 0 saturated carbocycles. The molecule has 0 bridgehead atoms. The minimum absolute atomic E-state index is 0.319. The first-order valence-electron chi connectivity index (χ1n) is 7.01. The van der Waals surface area contributed by atoms with Gasteiger partial charge >= 0.3 is 5.97 Å². The SMILES string of the molecule is CC(C)n1cc(CN2CCC(CC(=O)O)CC2)cn1. The number of hydrogen-bond donors (Lipinski definition) is 1. The molecule has 1 aliphatic rings. The van der Waals surface area contributed by atoms with Crippen LogP contribution in [0, 0.1) is 5.92 Å². The molecule has 5 heteroatoms. The molecular formula is C14H23N3O2. The molecule has 1 aromatic rings. The number of likely N-dealkylation sites (tertiary alicyclic amines) is 1. The van der Waals surface area contributed by atoms with Crippen molar-refractivity contribution in [2.24, 2.45) is 5.92 Å². The lowest BCUT2D eigenvalue weighted by Crippen LogP contribution is -2.33. The fraction of sp³-hybridized carbons (Fsp3) is 0.714. The van der Waals surface area contributed by atoms with E-state index in [9.17, 15) is 4.79 Å². The molecule has 5 nitrogen and oxygen atoms in total. The Balaban J connectivity index is 1.80. The Bertz CT molecular complexity index is 420. The van der Waals surface area contributed by atoms with E-state index in [0.717, 1.165) is 32.5 Å². The van der Waals surface area contributed by atoms with E-state index in [1.165, 1.54) is 5.56 Å². The fourth-order valence-electron chi connectivity index (χ4n) is 2.60. The second-order valence-electron chi connectivity index (χ2n) is 5.74. The van der Waals surface area contributed by atoms with Gasteiger partial charge in [-0.15, -0.1) is 0 Å². The van der Waals surface area contributed by atoms with Crippen LogP contribution in [0.25, 0.3) is 0 Å². The van der Waals surface area contributed by atoms with Crippen molar-refractivity contribution in [3.63, 3.8) is 0 Å². The van der Waals surface area contributed by atoms with Crippen LogP contribution >= 0.6 is 0 Å². The van der Waals surface area contributed by atoms with Crippen LogP contribution in [0.4, 0.5) is 0 Å². The molecule has 0 unspecified atom stereocenters. The van der Waals surface area contributed by atoms with Crippen molar-refractivity contribution in [2.75, 3.05) is 13.1 Å². The summed E-state index contributed by atoms with van der Waals surface area (Å²) in [5.74, 6) is -0.316. The summed E-state index contributed by atoms with van der Waals surface area (Å²) in [6.45, 7) is 7.14. The Hall–Kier alpha value is -1.36. The van der Waals surface area contributed by atoms with Crippen molar-refractivity contribution >= 4 is 5.97 Å². The highest BCUT2D eigenvalue weighted by molar-refractivity contribution is 5.67. The van der Waals surface area contributed by atoms with Crippen molar-refractivity contribution in [3.05, 3.63) is 18.0 Å². The highest BCUT2D eigenvalue weighted by Gasteiger charge is 2.21. The van der Waals surface area contributed by atoms with Crippen LogP contribution in [0.1, 0.15) is 44.7 Å². The molecule has 106 valence electrons. The second kappa shape index (κ2) is 6.19. The van der Waals surface area contributed by atoms with Crippen LogP contribution in [0.3, 0.4) is 0 Å². The van der Waals surface area contributed by atoms with Gasteiger partial charge in [0.15, 0.2) is 0 Å². The fourth-order valence-corrected chi connectivity index (χ4v) is 2.60. The summed E-state index contributed by atoms with van der Waals surface area (Å²) in [6, 6.07) is 0.398. The van der Waals surface area contributed by atoms with Crippen LogP contribution in [-0.4, -0.2) is 38.8 Å². The molecule has 1 saturated heterocycles. The predicted octanol–water partition coefficient (Wildman–Crippen LogP) is 2.15. The first-order chi connectivity index (χ1) is 9.04. The Kier molecular flexibility index (Phi) is 4.58. The summed E-state index contributed by atoms with van der Waals surface area (Å²) >= 11 is 0. The quantitative estimate of drug-likeness (QED) is 0.886. The zero-order valence-corrected chi connectivity index (χ0v) is 11.7. The maximum absolute atomic E-state index is 10.7. The van der Waals surface area contributed by atoms with Crippen LogP contribution < -0.4 is 0 Å². The summed E-state index contributed by atoms with van der Waals surface area (Å²) in [6.07, 6.45) is 6.34. The smallest absolute Gasteiger partial charge is 0.303 e. The number of carboxylic acid groups (broad SMARTS) is 1. The number of rotatable bonds is 5. The van der Waals surface area contributed by atoms with Crippen molar-refractivity contribution in [1.82, 2.24) is 14.7 Å². The topological polar surface area (TPSA) is 58.4 Å². The lowest BCUT2D eigenvalue weighted by atomic mass is 9.93. The number of carbonyl (C=O) groups is 1. The Labute approximate surface area is 114 Å². The van der Waals surface area contributed by atoms with Gasteiger partial charge in [-0.3, -0.25) is 14.4 Å². The minimum atomic E-state index is -0.670. The van der Waals surface area contributed by atoms with E-state index in [2.05, 4.69) is 30.0 Å². The summed E-state index contributed by atoms with van der Waals surface area (Å²) < 4.78 is 1.98. The third kappa shape index (κ3) is 4.06. The van der Waals surface area contributed by atoms with Gasteiger partial charge < -0.3 is 5.11 Å². The van der Waals surface area contributed by atoms with Crippen molar-refractivity contribution in [3.8, 4) is 0 Å². The molecule has 0 aromatic carbocycles. The monoisotopic (exact) mass is 265 g/mol. The predicted molar refractivity (Wildman–Crippen MR) is 72.9 cm³/mol. The van der Waals surface area contributed by atoms with Crippen LogP contribution in [-0.2, 0) is 11.3 Å². The normalized spacial score (nSPS) is 18.1. The van der Waals surface area contributed by atoms with E-state index < -0.39 is 5.97 Å². The average Bonchev–Trinajstić information content (AvgIpc) is 2.80. The van der Waals surface area contributed by atoms with Crippen LogP contribution in [0.5, 0.6) is 0 Å². The molecule has 2 heterocycles. The van der Waals surface area contributed by atoms with E-state index in [4.69, 9.17) is 5.11 Å². The molecule has 0 atom stereocenters. The first kappa shape index (κ1) is 14.1. The number of nitrogens with zero attached hydrogens (tertiary/aromatic N) is 3. The molecule has 19 heavy (non-hydrogen) atoms. The Morgan fingerprint density at radius 3 is 2.68 bits per heavy atom. The van der Waals surface area contributed by atoms with Crippen molar-refractivity contribution in [1.29, 1.82) is 0 Å². The number of aromatic nitrogens is 2. The van der Waals surface area contributed by atoms with Gasteiger partial charge in [-0.25, -0.2) is 0 Å². The molecule has 1 N–H and O–H groups in total. The zero-order chi connectivity index (χ0) is 13.8. The summed E-state index contributed by atoms with van der Waals surface area (Å²) in [4.78, 5) is 13.1. The summed E-state index contributed by atoms with van der Waals surface area (Å²) in [5.41, 5.74) is 1.24. The molecule has 1 fully saturated rings. The van der Waals surface area contributed by atoms with Crippen LogP contribution in [0.15, 0.2) is 12.4 Å². The van der Waals surface area contributed by atoms with E-state index in [0.29, 0.717) is 18.4 Å². The highest BCUT2D eigenvalue weighted by Crippen LogP contribution is 2.21. The highest BCUT2D eigenvalue weighted by atomic mass is 16.4. The van der Waals surface area contributed by atoms with E-state index in [1.54, 1.807) is 0 Å². The number of aliphatic carboxylic acids is 1. The van der Waals surface area contributed by atoms with Gasteiger partial charge in [0.05, 0.1) is 6.20 Å². The molecule has 0 spiro atoms. The molecule has 1 aromatic heterocycles. The summed E-state index contributed by atoms with van der Waals surface area (Å²) in [5, 5.41) is 13.1. The molecule has 1 aliphatic heterocycles. The zero-order valence-electron chi connectivity index (χ0n) is 11.7. The second-order valence-corrected chi connectivity index (χ2v) is 5.74. The maximum Gasteiger partial charge on any atom is 0.303 e. The lowest BCUT2D eigenvalue weighted by molar-refractivity contribution is -0.138. The number of carboxylic acids is 1. The van der Waals surface area contributed by atoms with Gasteiger partial charge in [0, 0.05) is 30.8 Å². The number of hydrogen-bond acceptors (Lipinski definition) is 3. The lowest BCUT2D eigenvalue weighted by Gasteiger charge is -2.30. The third-order valence-electron chi connectivity index (χ3n) is 3.76. The van der Waals surface area contributed by atoms with Gasteiger partial charge in [0.25, 0.3) is 0 Å². The summed E-state index contributed by atoms with van der Waals surface area (Å²) in [7, 11) is 0. The van der Waals surface area contributed by atoms with Gasteiger partial charge in [-0.2, -0.15) is 5.10 Å². The van der Waals surface area contributed by atoms with Crippen LogP contribution in [0.2, 0.25) is 0 Å². The molecule has 0 radical (unpaired) electrons. The van der Waals surface area contributed by atoms with E-state index >= 15 is 0 Å². The van der Waals surface area contributed by atoms with Gasteiger partial charge in [-0.05, 0) is 45.7 Å². The van der Waals surface area contributed by atoms with E-state index in [-0.39, 0.29) is 0 Å². The van der Waals surface area contributed by atoms with E-state index in [1.807, 2.05) is 10.9 Å². The number of piperidine rings is 1. The Morgan fingerprint density at radius 2 is 2.16 bits per heavy atom. The van der Waals surface area contributed by atoms with Gasteiger partial charge in [0.1, 0.15) is 0 Å². The minimum Gasteiger partial charge on any atom is -0.481 e. The molecule has 2 rings (SSSR count).